The molecule has 10 nitrogen and oxygen atoms in total. The fraction of sp³-hybridized carbons (Fsp3) is 0.583. The normalized spacial score (nSPS) is 19.3. The molecular weight excluding hydrogens is 440 g/mol. The third-order valence-corrected chi connectivity index (χ3v) is 6.70. The van der Waals surface area contributed by atoms with Gasteiger partial charge < -0.3 is 29.9 Å². The molecule has 3 heterocycles. The molecule has 2 fully saturated rings. The van der Waals surface area contributed by atoms with Crippen molar-refractivity contribution in [2.24, 2.45) is 0 Å². The van der Waals surface area contributed by atoms with E-state index in [2.05, 4.69) is 10.6 Å². The van der Waals surface area contributed by atoms with Crippen LogP contribution in [0, 0.1) is 0 Å². The molecule has 0 saturated carbocycles. The Bertz CT molecular complexity index is 951. The fourth-order valence-corrected chi connectivity index (χ4v) is 4.69. The van der Waals surface area contributed by atoms with E-state index in [0.717, 1.165) is 0 Å². The third-order valence-electron chi connectivity index (χ3n) is 6.70. The molecule has 3 amide bonds. The van der Waals surface area contributed by atoms with Crippen LogP contribution in [0.1, 0.15) is 43.0 Å². The van der Waals surface area contributed by atoms with E-state index in [4.69, 9.17) is 9.47 Å². The number of fused-ring (bicyclic) bond motifs is 1. The number of ketones is 1. The minimum Gasteiger partial charge on any atom is -0.486 e. The number of piperazine rings is 1. The molecule has 3 aliphatic rings. The molecule has 0 bridgehead atoms. The topological polar surface area (TPSA) is 117 Å². The van der Waals surface area contributed by atoms with Crippen molar-refractivity contribution in [3.8, 4) is 11.5 Å². The van der Waals surface area contributed by atoms with Gasteiger partial charge in [-0.1, -0.05) is 0 Å². The predicted octanol–water partition coefficient (Wildman–Crippen LogP) is 0.350. The number of ether oxygens (including phenoxy) is 2. The number of nitrogens with one attached hydrogen (secondary N) is 2. The first-order valence-electron chi connectivity index (χ1n) is 11.9. The molecule has 34 heavy (non-hydrogen) atoms. The second-order valence-electron chi connectivity index (χ2n) is 8.96. The van der Waals surface area contributed by atoms with E-state index >= 15 is 0 Å². The van der Waals surface area contributed by atoms with E-state index in [1.807, 2.05) is 0 Å². The van der Waals surface area contributed by atoms with Crippen molar-refractivity contribution in [3.05, 3.63) is 23.8 Å². The summed E-state index contributed by atoms with van der Waals surface area (Å²) in [7, 11) is 0. The zero-order valence-electron chi connectivity index (χ0n) is 19.6. The summed E-state index contributed by atoms with van der Waals surface area (Å²) in [5.41, 5.74) is -0.520. The van der Waals surface area contributed by atoms with E-state index in [9.17, 15) is 19.2 Å². The maximum Gasteiger partial charge on any atom is 0.248 e. The van der Waals surface area contributed by atoms with Gasteiger partial charge in [0.05, 0.1) is 0 Å². The van der Waals surface area contributed by atoms with E-state index in [1.54, 1.807) is 28.0 Å². The minimum absolute atomic E-state index is 0.000311. The summed E-state index contributed by atoms with van der Waals surface area (Å²) >= 11 is 0. The second kappa shape index (κ2) is 10.4. The molecule has 2 N–H and O–H groups in total. The summed E-state index contributed by atoms with van der Waals surface area (Å²) in [6.45, 7) is 5.56. The van der Waals surface area contributed by atoms with Gasteiger partial charge in [-0.25, -0.2) is 0 Å². The summed E-state index contributed by atoms with van der Waals surface area (Å²) in [5, 5.41) is 6.21. The summed E-state index contributed by atoms with van der Waals surface area (Å²) in [5.74, 6) is 0.548. The smallest absolute Gasteiger partial charge is 0.248 e. The lowest BCUT2D eigenvalue weighted by Crippen LogP contribution is -2.65. The molecule has 0 aliphatic carbocycles. The number of hydrogen-bond donors (Lipinski definition) is 2. The van der Waals surface area contributed by atoms with Crippen molar-refractivity contribution in [1.82, 2.24) is 20.4 Å². The van der Waals surface area contributed by atoms with Gasteiger partial charge in [-0.3, -0.25) is 19.2 Å². The van der Waals surface area contributed by atoms with Crippen LogP contribution in [0.5, 0.6) is 11.5 Å². The van der Waals surface area contributed by atoms with Crippen LogP contribution in [0.15, 0.2) is 18.2 Å². The van der Waals surface area contributed by atoms with Gasteiger partial charge in [-0.15, -0.1) is 0 Å². The van der Waals surface area contributed by atoms with Crippen molar-refractivity contribution >= 4 is 23.5 Å². The van der Waals surface area contributed by atoms with Crippen LogP contribution in [0.4, 0.5) is 0 Å². The van der Waals surface area contributed by atoms with E-state index in [1.165, 1.54) is 6.92 Å². The number of carbonyl (C=O) groups excluding carboxylic acids is 4. The Hall–Kier alpha value is -3.14. The van der Waals surface area contributed by atoms with E-state index < -0.39 is 5.54 Å². The molecule has 4 rings (SSSR count). The first kappa shape index (κ1) is 24.0. The van der Waals surface area contributed by atoms with Crippen LogP contribution in [0.25, 0.3) is 0 Å². The van der Waals surface area contributed by atoms with Crippen molar-refractivity contribution in [2.45, 2.75) is 38.1 Å². The molecule has 3 aliphatic heterocycles. The lowest BCUT2D eigenvalue weighted by Gasteiger charge is -2.43. The maximum atomic E-state index is 13.5. The van der Waals surface area contributed by atoms with Gasteiger partial charge in [0.2, 0.25) is 17.7 Å². The molecule has 0 unspecified atom stereocenters. The summed E-state index contributed by atoms with van der Waals surface area (Å²) in [4.78, 5) is 54.1. The standard InChI is InChI=1S/C24H32N4O6/c1-17(29)27-10-12-28(13-11-27)23(32)24(6-8-25-9-7-24)26-22(31)5-3-19(30)18-2-4-20-21(16-18)34-15-14-33-20/h2,4,16,25H,3,5-15H2,1H3,(H,26,31). The SMILES string of the molecule is CC(=O)N1CCN(C(=O)C2(NC(=O)CCC(=O)c3ccc4c(c3)OCCO4)CCNCC2)CC1. The molecule has 1 aromatic rings. The van der Waals surface area contributed by atoms with Crippen LogP contribution in [-0.4, -0.2) is 91.3 Å². The van der Waals surface area contributed by atoms with Gasteiger partial charge in [0, 0.05) is 51.5 Å². The lowest BCUT2D eigenvalue weighted by atomic mass is 9.86. The zero-order chi connectivity index (χ0) is 24.1. The first-order chi connectivity index (χ1) is 16.4. The van der Waals surface area contributed by atoms with Crippen LogP contribution in [0.3, 0.4) is 0 Å². The van der Waals surface area contributed by atoms with Gasteiger partial charge in [0.15, 0.2) is 17.3 Å². The number of Topliss-reactive ketones (excluding diaryl/α,β-unsaturated/α-hetero) is 1. The second-order valence-corrected chi connectivity index (χ2v) is 8.96. The summed E-state index contributed by atoms with van der Waals surface area (Å²) in [6, 6.07) is 5.02. The number of rotatable bonds is 6. The molecule has 0 aromatic heterocycles. The average molecular weight is 473 g/mol. The Morgan fingerprint density at radius 1 is 0.941 bits per heavy atom. The largest absolute Gasteiger partial charge is 0.486 e. The molecule has 0 atom stereocenters. The summed E-state index contributed by atoms with van der Waals surface area (Å²) < 4.78 is 11.0. The fourth-order valence-electron chi connectivity index (χ4n) is 4.69. The Morgan fingerprint density at radius 2 is 1.59 bits per heavy atom. The minimum atomic E-state index is -0.985. The highest BCUT2D eigenvalue weighted by atomic mass is 16.6. The molecule has 0 spiro atoms. The lowest BCUT2D eigenvalue weighted by molar-refractivity contribution is -0.146. The van der Waals surface area contributed by atoms with Gasteiger partial charge in [0.25, 0.3) is 0 Å². The van der Waals surface area contributed by atoms with Gasteiger partial charge in [-0.05, 0) is 44.1 Å². The van der Waals surface area contributed by atoms with Gasteiger partial charge in [0.1, 0.15) is 18.8 Å². The Balaban J connectivity index is 1.35. The number of nitrogens with zero attached hydrogens (tertiary/aromatic N) is 2. The highest BCUT2D eigenvalue weighted by molar-refractivity contribution is 5.99. The zero-order valence-corrected chi connectivity index (χ0v) is 19.6. The quantitative estimate of drug-likeness (QED) is 0.574. The first-order valence-corrected chi connectivity index (χ1v) is 11.9. The van der Waals surface area contributed by atoms with E-state index in [0.29, 0.717) is 82.4 Å². The Morgan fingerprint density at radius 3 is 2.26 bits per heavy atom. The number of amides is 3. The predicted molar refractivity (Wildman–Crippen MR) is 123 cm³/mol. The number of hydrogen-bond acceptors (Lipinski definition) is 7. The monoisotopic (exact) mass is 472 g/mol. The van der Waals surface area contributed by atoms with Crippen LogP contribution in [0.2, 0.25) is 0 Å². The van der Waals surface area contributed by atoms with Crippen LogP contribution in [-0.2, 0) is 14.4 Å². The summed E-state index contributed by atoms with van der Waals surface area (Å²) in [6.07, 6.45) is 1.00. The number of benzene rings is 1. The molecule has 0 radical (unpaired) electrons. The molecule has 10 heteroatoms. The van der Waals surface area contributed by atoms with Crippen molar-refractivity contribution in [1.29, 1.82) is 0 Å². The molecule has 1 aromatic carbocycles. The number of carbonyl (C=O) groups is 4. The van der Waals surface area contributed by atoms with Crippen LogP contribution < -0.4 is 20.1 Å². The highest BCUT2D eigenvalue weighted by Gasteiger charge is 2.44. The average Bonchev–Trinajstić information content (AvgIpc) is 2.87. The van der Waals surface area contributed by atoms with Crippen molar-refractivity contribution in [3.63, 3.8) is 0 Å². The highest BCUT2D eigenvalue weighted by Crippen LogP contribution is 2.31. The number of piperidine rings is 1. The maximum absolute atomic E-state index is 13.5. The molecular formula is C24H32N4O6. The van der Waals surface area contributed by atoms with Crippen molar-refractivity contribution in [2.75, 3.05) is 52.5 Å². The Labute approximate surface area is 198 Å². The van der Waals surface area contributed by atoms with Gasteiger partial charge >= 0.3 is 0 Å². The van der Waals surface area contributed by atoms with Crippen molar-refractivity contribution < 1.29 is 28.7 Å². The Kier molecular flexibility index (Phi) is 7.35. The molecule has 184 valence electrons. The van der Waals surface area contributed by atoms with E-state index in [-0.39, 0.29) is 36.3 Å². The molecule has 2 saturated heterocycles. The van der Waals surface area contributed by atoms with Crippen LogP contribution >= 0.6 is 0 Å². The third kappa shape index (κ3) is 5.32. The van der Waals surface area contributed by atoms with Gasteiger partial charge in [-0.2, -0.15) is 0 Å².